The number of benzene rings is 1. The highest BCUT2D eigenvalue weighted by Crippen LogP contribution is 2.25. The van der Waals surface area contributed by atoms with Crippen molar-refractivity contribution in [1.82, 2.24) is 15.2 Å². The van der Waals surface area contributed by atoms with Gasteiger partial charge in [0.25, 0.3) is 0 Å². The molecule has 142 valence electrons. The first kappa shape index (κ1) is 18.9. The van der Waals surface area contributed by atoms with Crippen molar-refractivity contribution in [3.8, 4) is 0 Å². The zero-order chi connectivity index (χ0) is 19.4. The fraction of sp³-hybridized carbons (Fsp3) is 0.381. The molecule has 1 atom stereocenters. The minimum absolute atomic E-state index is 0.195. The summed E-state index contributed by atoms with van der Waals surface area (Å²) < 4.78 is 5.53. The molecule has 0 spiro atoms. The summed E-state index contributed by atoms with van der Waals surface area (Å²) in [4.78, 5) is 31.2. The highest BCUT2D eigenvalue weighted by atomic mass is 16.6. The lowest BCUT2D eigenvalue weighted by Gasteiger charge is -2.36. The number of aromatic nitrogens is 1. The molecular formula is C21H25N3O3. The first-order valence-corrected chi connectivity index (χ1v) is 9.06. The number of amides is 2. The van der Waals surface area contributed by atoms with Crippen LogP contribution in [0.25, 0.3) is 0 Å². The Morgan fingerprint density at radius 2 is 1.93 bits per heavy atom. The van der Waals surface area contributed by atoms with E-state index in [1.807, 2.05) is 57.2 Å². The molecule has 1 aliphatic heterocycles. The predicted octanol–water partition coefficient (Wildman–Crippen LogP) is 3.06. The third kappa shape index (κ3) is 4.84. The van der Waals surface area contributed by atoms with Crippen LogP contribution in [0.2, 0.25) is 0 Å². The summed E-state index contributed by atoms with van der Waals surface area (Å²) in [7, 11) is 0. The number of hydrogen-bond donors (Lipinski definition) is 1. The molecule has 0 bridgehead atoms. The van der Waals surface area contributed by atoms with Gasteiger partial charge in [0.15, 0.2) is 0 Å². The lowest BCUT2D eigenvalue weighted by atomic mass is 9.94. The van der Waals surface area contributed by atoms with Crippen LogP contribution in [0.5, 0.6) is 0 Å². The Morgan fingerprint density at radius 3 is 2.59 bits per heavy atom. The van der Waals surface area contributed by atoms with Gasteiger partial charge in [-0.25, -0.2) is 4.79 Å². The summed E-state index contributed by atoms with van der Waals surface area (Å²) >= 11 is 0. The first-order valence-electron chi connectivity index (χ1n) is 9.06. The third-order valence-electron chi connectivity index (χ3n) is 4.37. The van der Waals surface area contributed by atoms with Crippen LogP contribution in [0.3, 0.4) is 0 Å². The highest BCUT2D eigenvalue weighted by molar-refractivity contribution is 5.86. The summed E-state index contributed by atoms with van der Waals surface area (Å²) in [5.41, 5.74) is 2.41. The van der Waals surface area contributed by atoms with Crippen LogP contribution in [-0.4, -0.2) is 33.5 Å². The summed E-state index contributed by atoms with van der Waals surface area (Å²) in [6.07, 6.45) is 3.39. The number of rotatable bonds is 3. The molecule has 2 aromatic rings. The molecule has 1 N–H and O–H groups in total. The van der Waals surface area contributed by atoms with E-state index in [0.717, 1.165) is 16.7 Å². The first-order chi connectivity index (χ1) is 12.8. The predicted molar refractivity (Wildman–Crippen MR) is 102 cm³/mol. The van der Waals surface area contributed by atoms with Gasteiger partial charge in [-0.15, -0.1) is 0 Å². The molecule has 6 heteroatoms. The average molecular weight is 367 g/mol. The van der Waals surface area contributed by atoms with Crippen LogP contribution in [0.15, 0.2) is 48.8 Å². The van der Waals surface area contributed by atoms with E-state index in [-0.39, 0.29) is 5.91 Å². The number of nitrogens with zero attached hydrogens (tertiary/aromatic N) is 2. The number of nitrogens with one attached hydrogen (secondary N) is 1. The molecule has 1 unspecified atom stereocenters. The van der Waals surface area contributed by atoms with Crippen LogP contribution in [0, 0.1) is 0 Å². The van der Waals surface area contributed by atoms with Gasteiger partial charge in [-0.2, -0.15) is 0 Å². The molecule has 1 aromatic heterocycles. The van der Waals surface area contributed by atoms with Gasteiger partial charge in [0.2, 0.25) is 5.91 Å². The van der Waals surface area contributed by atoms with E-state index in [9.17, 15) is 9.59 Å². The smallest absolute Gasteiger partial charge is 0.411 e. The fourth-order valence-corrected chi connectivity index (χ4v) is 3.08. The van der Waals surface area contributed by atoms with Crippen molar-refractivity contribution >= 4 is 12.0 Å². The quantitative estimate of drug-likeness (QED) is 0.905. The van der Waals surface area contributed by atoms with Crippen LogP contribution < -0.4 is 5.32 Å². The van der Waals surface area contributed by atoms with Gasteiger partial charge in [-0.05, 0) is 43.5 Å². The van der Waals surface area contributed by atoms with Gasteiger partial charge < -0.3 is 10.1 Å². The molecule has 0 radical (unpaired) electrons. The number of hydrogen-bond acceptors (Lipinski definition) is 4. The Hall–Kier alpha value is -2.89. The molecule has 2 heterocycles. The van der Waals surface area contributed by atoms with Crippen LogP contribution >= 0.6 is 0 Å². The molecule has 3 rings (SSSR count). The highest BCUT2D eigenvalue weighted by Gasteiger charge is 2.36. The van der Waals surface area contributed by atoms with Gasteiger partial charge in [0, 0.05) is 25.4 Å². The maximum Gasteiger partial charge on any atom is 0.411 e. The molecule has 0 saturated carbocycles. The van der Waals surface area contributed by atoms with E-state index in [1.54, 1.807) is 12.4 Å². The number of carbonyl (C=O) groups is 2. The Balaban J connectivity index is 1.78. The monoisotopic (exact) mass is 367 g/mol. The number of ether oxygens (including phenoxy) is 1. The second kappa shape index (κ2) is 7.78. The third-order valence-corrected chi connectivity index (χ3v) is 4.37. The molecule has 0 aliphatic carbocycles. The number of carbonyl (C=O) groups excluding carboxylic acids is 2. The van der Waals surface area contributed by atoms with E-state index < -0.39 is 17.7 Å². The second-order valence-electron chi connectivity index (χ2n) is 7.68. The maximum absolute atomic E-state index is 12.9. The van der Waals surface area contributed by atoms with E-state index in [0.29, 0.717) is 19.5 Å². The Bertz CT molecular complexity index is 815. The minimum Gasteiger partial charge on any atom is -0.444 e. The lowest BCUT2D eigenvalue weighted by molar-refractivity contribution is -0.127. The Kier molecular flexibility index (Phi) is 5.44. The largest absolute Gasteiger partial charge is 0.444 e. The molecule has 0 saturated heterocycles. The maximum atomic E-state index is 12.9. The van der Waals surface area contributed by atoms with E-state index >= 15 is 0 Å². The van der Waals surface area contributed by atoms with Gasteiger partial charge in [0.05, 0.1) is 6.54 Å². The van der Waals surface area contributed by atoms with Gasteiger partial charge >= 0.3 is 6.09 Å². The lowest BCUT2D eigenvalue weighted by Crippen LogP contribution is -2.53. The SMILES string of the molecule is CC(C)(C)OC(=O)N1Cc2ccccc2CC1C(=O)NCc1cccnc1. The van der Waals surface area contributed by atoms with Gasteiger partial charge in [-0.3, -0.25) is 14.7 Å². The molecule has 27 heavy (non-hydrogen) atoms. The summed E-state index contributed by atoms with van der Waals surface area (Å²) in [5.74, 6) is -0.195. The molecule has 1 aliphatic rings. The van der Waals surface area contributed by atoms with E-state index in [1.165, 1.54) is 4.90 Å². The Morgan fingerprint density at radius 1 is 1.19 bits per heavy atom. The molecule has 6 nitrogen and oxygen atoms in total. The minimum atomic E-state index is -0.620. The Labute approximate surface area is 159 Å². The van der Waals surface area contributed by atoms with Crippen molar-refractivity contribution in [3.05, 3.63) is 65.5 Å². The van der Waals surface area contributed by atoms with Crippen molar-refractivity contribution in [2.24, 2.45) is 0 Å². The summed E-state index contributed by atoms with van der Waals surface area (Å²) in [6.45, 7) is 6.18. The van der Waals surface area contributed by atoms with Crippen molar-refractivity contribution in [2.45, 2.75) is 51.9 Å². The van der Waals surface area contributed by atoms with Crippen molar-refractivity contribution in [1.29, 1.82) is 0 Å². The van der Waals surface area contributed by atoms with Crippen LogP contribution in [0.1, 0.15) is 37.5 Å². The van der Waals surface area contributed by atoms with E-state index in [4.69, 9.17) is 4.74 Å². The molecule has 1 aromatic carbocycles. The standard InChI is InChI=1S/C21H25N3O3/c1-21(2,3)27-20(26)24-14-17-9-5-4-8-16(17)11-18(24)19(25)23-13-15-7-6-10-22-12-15/h4-10,12,18H,11,13-14H2,1-3H3,(H,23,25). The molecule has 0 fully saturated rings. The second-order valence-corrected chi connectivity index (χ2v) is 7.68. The van der Waals surface area contributed by atoms with Crippen molar-refractivity contribution in [2.75, 3.05) is 0 Å². The zero-order valence-corrected chi connectivity index (χ0v) is 15.9. The van der Waals surface area contributed by atoms with Crippen molar-refractivity contribution < 1.29 is 14.3 Å². The summed E-state index contributed by atoms with van der Waals surface area (Å²) in [6, 6.07) is 11.0. The molecular weight excluding hydrogens is 342 g/mol. The van der Waals surface area contributed by atoms with E-state index in [2.05, 4.69) is 10.3 Å². The normalized spacial score (nSPS) is 16.4. The van der Waals surface area contributed by atoms with Crippen molar-refractivity contribution in [3.63, 3.8) is 0 Å². The van der Waals surface area contributed by atoms with Crippen LogP contribution in [-0.2, 0) is 29.0 Å². The zero-order valence-electron chi connectivity index (χ0n) is 15.9. The molecule has 2 amide bonds. The van der Waals surface area contributed by atoms with Gasteiger partial charge in [0.1, 0.15) is 11.6 Å². The van der Waals surface area contributed by atoms with Gasteiger partial charge in [-0.1, -0.05) is 30.3 Å². The topological polar surface area (TPSA) is 71.5 Å². The average Bonchev–Trinajstić information content (AvgIpc) is 2.64. The van der Waals surface area contributed by atoms with Crippen LogP contribution in [0.4, 0.5) is 4.79 Å². The fourth-order valence-electron chi connectivity index (χ4n) is 3.08. The number of fused-ring (bicyclic) bond motifs is 1. The number of pyridine rings is 1. The summed E-state index contributed by atoms with van der Waals surface area (Å²) in [5, 5.41) is 2.92.